The molecule has 1 heteroatoms. The van der Waals surface area contributed by atoms with Crippen molar-refractivity contribution in [3.63, 3.8) is 0 Å². The Labute approximate surface area is 193 Å². The quantitative estimate of drug-likeness (QED) is 0.428. The highest BCUT2D eigenvalue weighted by Crippen LogP contribution is 2.52. The Morgan fingerprint density at radius 1 is 0.906 bits per heavy atom. The van der Waals surface area contributed by atoms with Crippen molar-refractivity contribution in [3.8, 4) is 0 Å². The Balaban J connectivity index is 1.46. The van der Waals surface area contributed by atoms with E-state index in [0.29, 0.717) is 0 Å². The van der Waals surface area contributed by atoms with E-state index in [-0.39, 0.29) is 11.7 Å². The highest BCUT2D eigenvalue weighted by Gasteiger charge is 2.39. The summed E-state index contributed by atoms with van der Waals surface area (Å²) in [5, 5.41) is 0. The molecule has 2 aromatic rings. The fourth-order valence-electron chi connectivity index (χ4n) is 6.42. The van der Waals surface area contributed by atoms with E-state index in [0.717, 1.165) is 36.2 Å². The maximum atomic E-state index is 12.3. The molecule has 0 spiro atoms. The van der Waals surface area contributed by atoms with Crippen LogP contribution in [0.3, 0.4) is 0 Å². The lowest BCUT2D eigenvalue weighted by atomic mass is 9.74. The summed E-state index contributed by atoms with van der Waals surface area (Å²) in [6.07, 6.45) is 13.7. The van der Waals surface area contributed by atoms with Crippen LogP contribution in [0.5, 0.6) is 0 Å². The van der Waals surface area contributed by atoms with Gasteiger partial charge in [-0.05, 0) is 91.0 Å². The number of carbonyl (C=O) groups is 1. The van der Waals surface area contributed by atoms with Gasteiger partial charge in [0, 0.05) is 11.5 Å². The first-order valence-electron chi connectivity index (χ1n) is 12.6. The van der Waals surface area contributed by atoms with Gasteiger partial charge in [0.15, 0.2) is 5.78 Å². The molecule has 0 heterocycles. The zero-order chi connectivity index (χ0) is 22.2. The van der Waals surface area contributed by atoms with Crippen LogP contribution in [-0.4, -0.2) is 5.78 Å². The largest absolute Gasteiger partial charge is 0.294 e. The molecule has 0 N–H and O–H groups in total. The Kier molecular flexibility index (Phi) is 5.93. The molecule has 0 aliphatic heterocycles. The first kappa shape index (κ1) is 21.4. The van der Waals surface area contributed by atoms with Crippen LogP contribution < -0.4 is 0 Å². The number of fused-ring (bicyclic) bond motifs is 2. The lowest BCUT2D eigenvalue weighted by Crippen LogP contribution is -2.18. The van der Waals surface area contributed by atoms with Gasteiger partial charge in [0.25, 0.3) is 0 Å². The molecule has 3 aliphatic rings. The molecule has 2 saturated carbocycles. The summed E-state index contributed by atoms with van der Waals surface area (Å²) in [6.45, 7) is 6.17. The Morgan fingerprint density at radius 3 is 2.25 bits per heavy atom. The standard InChI is InChI=1S/C31H36O/c1-20(2)31(32)26-11-8-22(9-12-26)16-23-17-28(27-10-7-21(3)15-27)19-29(18-23)30-24-5-4-6-25(30)14-13-24/h7-12,17-20,24-25,30H,4-6,13-16H2,1-3H3. The van der Waals surface area contributed by atoms with Crippen LogP contribution in [0.2, 0.25) is 0 Å². The molecule has 166 valence electrons. The highest BCUT2D eigenvalue weighted by atomic mass is 16.1. The van der Waals surface area contributed by atoms with E-state index in [1.807, 2.05) is 26.0 Å². The van der Waals surface area contributed by atoms with E-state index in [2.05, 4.69) is 49.4 Å². The number of carbonyl (C=O) groups excluding carboxylic acids is 1. The number of hydrogen-bond acceptors (Lipinski definition) is 1. The van der Waals surface area contributed by atoms with Gasteiger partial charge in [-0.2, -0.15) is 0 Å². The van der Waals surface area contributed by atoms with Crippen LogP contribution in [-0.2, 0) is 6.42 Å². The second-order valence-electron chi connectivity index (χ2n) is 10.8. The maximum absolute atomic E-state index is 12.3. The molecule has 5 rings (SSSR count). The molecule has 2 aromatic carbocycles. The molecular weight excluding hydrogens is 388 g/mol. The molecule has 0 aromatic heterocycles. The van der Waals surface area contributed by atoms with Crippen LogP contribution in [0.15, 0.2) is 60.2 Å². The molecule has 32 heavy (non-hydrogen) atoms. The van der Waals surface area contributed by atoms with E-state index in [4.69, 9.17) is 0 Å². The first-order chi connectivity index (χ1) is 15.5. The molecule has 2 unspecified atom stereocenters. The maximum Gasteiger partial charge on any atom is 0.165 e. The average Bonchev–Trinajstić information content (AvgIpc) is 3.33. The molecule has 2 atom stereocenters. The Hall–Kier alpha value is -2.41. The number of hydrogen-bond donors (Lipinski definition) is 0. The summed E-state index contributed by atoms with van der Waals surface area (Å²) in [7, 11) is 0. The van der Waals surface area contributed by atoms with Gasteiger partial charge in [0.05, 0.1) is 0 Å². The number of rotatable bonds is 6. The lowest BCUT2D eigenvalue weighted by molar-refractivity contribution is 0.0939. The van der Waals surface area contributed by atoms with Crippen LogP contribution >= 0.6 is 0 Å². The minimum Gasteiger partial charge on any atom is -0.294 e. The molecule has 1 nitrogen and oxygen atoms in total. The van der Waals surface area contributed by atoms with Crippen LogP contribution in [0.4, 0.5) is 0 Å². The van der Waals surface area contributed by atoms with Gasteiger partial charge in [-0.3, -0.25) is 4.79 Å². The second-order valence-corrected chi connectivity index (χ2v) is 10.8. The van der Waals surface area contributed by atoms with Gasteiger partial charge in [-0.15, -0.1) is 0 Å². The zero-order valence-electron chi connectivity index (χ0n) is 19.9. The minimum atomic E-state index is 0.0442. The molecule has 3 aliphatic carbocycles. The summed E-state index contributed by atoms with van der Waals surface area (Å²) in [4.78, 5) is 12.3. The molecule has 2 fully saturated rings. The van der Waals surface area contributed by atoms with Crippen LogP contribution in [0, 0.1) is 17.8 Å². The van der Waals surface area contributed by atoms with Gasteiger partial charge in [-0.1, -0.05) is 80.5 Å². The molecular formula is C31H36O. The average molecular weight is 425 g/mol. The summed E-state index contributed by atoms with van der Waals surface area (Å²) in [5.41, 5.74) is 9.45. The first-order valence-corrected chi connectivity index (χ1v) is 12.6. The van der Waals surface area contributed by atoms with Crippen molar-refractivity contribution in [3.05, 3.63) is 88.0 Å². The SMILES string of the molecule is CC1=CC=C(c2cc(Cc3ccc(C(=O)C(C)C)cc3)cc(C3C4CCCC3CC4)c2)C1. The van der Waals surface area contributed by atoms with Crippen molar-refractivity contribution >= 4 is 11.4 Å². The topological polar surface area (TPSA) is 17.1 Å². The molecule has 0 amide bonds. The van der Waals surface area contributed by atoms with Gasteiger partial charge in [0.1, 0.15) is 0 Å². The van der Waals surface area contributed by atoms with Crippen molar-refractivity contribution in [1.82, 2.24) is 0 Å². The summed E-state index contributed by atoms with van der Waals surface area (Å²) >= 11 is 0. The summed E-state index contributed by atoms with van der Waals surface area (Å²) in [6, 6.07) is 15.8. The van der Waals surface area contributed by atoms with Gasteiger partial charge < -0.3 is 0 Å². The number of Topliss-reactive ketones (excluding diaryl/α,β-unsaturated/α-hetero) is 1. The van der Waals surface area contributed by atoms with Crippen molar-refractivity contribution in [2.75, 3.05) is 0 Å². The molecule has 0 radical (unpaired) electrons. The Morgan fingerprint density at radius 2 is 1.62 bits per heavy atom. The van der Waals surface area contributed by atoms with Gasteiger partial charge in [-0.25, -0.2) is 0 Å². The van der Waals surface area contributed by atoms with E-state index in [1.165, 1.54) is 59.9 Å². The summed E-state index contributed by atoms with van der Waals surface area (Å²) < 4.78 is 0. The van der Waals surface area contributed by atoms with Crippen molar-refractivity contribution in [2.24, 2.45) is 17.8 Å². The second kappa shape index (κ2) is 8.85. The highest BCUT2D eigenvalue weighted by molar-refractivity contribution is 5.97. The van der Waals surface area contributed by atoms with Crippen LogP contribution in [0.1, 0.15) is 97.8 Å². The third-order valence-corrected chi connectivity index (χ3v) is 8.05. The number of allylic oxidation sites excluding steroid dienone is 4. The number of benzene rings is 2. The van der Waals surface area contributed by atoms with Crippen molar-refractivity contribution < 1.29 is 4.79 Å². The monoisotopic (exact) mass is 424 g/mol. The van der Waals surface area contributed by atoms with Crippen molar-refractivity contribution in [2.45, 2.75) is 71.6 Å². The predicted molar refractivity (Wildman–Crippen MR) is 134 cm³/mol. The van der Waals surface area contributed by atoms with Crippen molar-refractivity contribution in [1.29, 1.82) is 0 Å². The van der Waals surface area contributed by atoms with E-state index in [1.54, 1.807) is 5.56 Å². The Bertz CT molecular complexity index is 1050. The molecule has 2 bridgehead atoms. The van der Waals surface area contributed by atoms with E-state index >= 15 is 0 Å². The third kappa shape index (κ3) is 4.27. The van der Waals surface area contributed by atoms with Gasteiger partial charge >= 0.3 is 0 Å². The van der Waals surface area contributed by atoms with Gasteiger partial charge in [0.2, 0.25) is 0 Å². The normalized spacial score (nSPS) is 24.6. The zero-order valence-corrected chi connectivity index (χ0v) is 19.9. The molecule has 0 saturated heterocycles. The predicted octanol–water partition coefficient (Wildman–Crippen LogP) is 8.14. The fraction of sp³-hybridized carbons (Fsp3) is 0.452. The number of ketones is 1. The summed E-state index contributed by atoms with van der Waals surface area (Å²) in [5.74, 6) is 2.79. The smallest absolute Gasteiger partial charge is 0.165 e. The van der Waals surface area contributed by atoms with E-state index in [9.17, 15) is 4.79 Å². The van der Waals surface area contributed by atoms with Crippen LogP contribution in [0.25, 0.3) is 5.57 Å². The van der Waals surface area contributed by atoms with E-state index < -0.39 is 0 Å². The fourth-order valence-corrected chi connectivity index (χ4v) is 6.42. The lowest BCUT2D eigenvalue weighted by Gasteiger charge is -2.31. The third-order valence-electron chi connectivity index (χ3n) is 8.05. The minimum absolute atomic E-state index is 0.0442.